The van der Waals surface area contributed by atoms with E-state index in [2.05, 4.69) is 52.8 Å². The number of halogens is 2. The normalized spacial score (nSPS) is 14.9. The first kappa shape index (κ1) is 24.4. The fourth-order valence-electron chi connectivity index (χ4n) is 3.60. The number of methoxy groups -OCH3 is 1. The van der Waals surface area contributed by atoms with Crippen molar-refractivity contribution < 1.29 is 9.13 Å². The molecule has 1 fully saturated rings. The van der Waals surface area contributed by atoms with E-state index in [1.807, 2.05) is 6.07 Å². The minimum Gasteiger partial charge on any atom is -0.380 e. The summed E-state index contributed by atoms with van der Waals surface area (Å²) in [5, 5.41) is 6.88. The number of hydrogen-bond donors (Lipinski definition) is 2. The molecule has 7 heteroatoms. The number of anilines is 1. The van der Waals surface area contributed by atoms with Crippen molar-refractivity contribution in [3.8, 4) is 0 Å². The Morgan fingerprint density at radius 3 is 2.57 bits per heavy atom. The lowest BCUT2D eigenvalue weighted by Gasteiger charge is -2.34. The van der Waals surface area contributed by atoms with Gasteiger partial charge in [-0.15, -0.1) is 24.0 Å². The monoisotopic (exact) mass is 526 g/mol. The Balaban J connectivity index is 0.00000320. The molecule has 1 aliphatic heterocycles. The number of rotatable bonds is 7. The molecule has 0 saturated carbocycles. The number of piperidine rings is 1. The Bertz CT molecular complexity index is 795. The van der Waals surface area contributed by atoms with Crippen LogP contribution in [0.2, 0.25) is 0 Å². The average molecular weight is 526 g/mol. The lowest BCUT2D eigenvalue weighted by Crippen LogP contribution is -2.48. The Morgan fingerprint density at radius 1 is 1.17 bits per heavy atom. The SMILES string of the molecule is CCNC(=NCc1ccc(F)c(COC)c1)NC1CCN(c2ccccc2)CC1.I. The van der Waals surface area contributed by atoms with Gasteiger partial charge in [0.25, 0.3) is 0 Å². The van der Waals surface area contributed by atoms with Crippen LogP contribution >= 0.6 is 24.0 Å². The van der Waals surface area contributed by atoms with Gasteiger partial charge in [-0.1, -0.05) is 24.3 Å². The van der Waals surface area contributed by atoms with Crippen molar-refractivity contribution in [2.75, 3.05) is 31.6 Å². The number of ether oxygens (including phenoxy) is 1. The van der Waals surface area contributed by atoms with Crippen molar-refractivity contribution in [3.05, 3.63) is 65.5 Å². The fraction of sp³-hybridized carbons (Fsp3) is 0.435. The number of nitrogens with zero attached hydrogens (tertiary/aromatic N) is 2. The highest BCUT2D eigenvalue weighted by atomic mass is 127. The molecule has 164 valence electrons. The van der Waals surface area contributed by atoms with Gasteiger partial charge in [0.1, 0.15) is 5.82 Å². The van der Waals surface area contributed by atoms with Crippen LogP contribution in [-0.4, -0.2) is 38.7 Å². The van der Waals surface area contributed by atoms with E-state index in [0.717, 1.165) is 44.0 Å². The highest BCUT2D eigenvalue weighted by Crippen LogP contribution is 2.19. The van der Waals surface area contributed by atoms with Crippen molar-refractivity contribution >= 4 is 35.6 Å². The van der Waals surface area contributed by atoms with Crippen LogP contribution in [0.25, 0.3) is 0 Å². The summed E-state index contributed by atoms with van der Waals surface area (Å²) in [6.45, 7) is 5.67. The van der Waals surface area contributed by atoms with Gasteiger partial charge in [0.15, 0.2) is 5.96 Å². The molecule has 30 heavy (non-hydrogen) atoms. The van der Waals surface area contributed by atoms with Crippen molar-refractivity contribution in [2.45, 2.75) is 39.0 Å². The van der Waals surface area contributed by atoms with E-state index in [1.54, 1.807) is 13.2 Å². The molecular formula is C23H32FIN4O. The maximum Gasteiger partial charge on any atom is 0.191 e. The van der Waals surface area contributed by atoms with Gasteiger partial charge >= 0.3 is 0 Å². The molecule has 0 amide bonds. The van der Waals surface area contributed by atoms with Crippen LogP contribution in [0.1, 0.15) is 30.9 Å². The largest absolute Gasteiger partial charge is 0.380 e. The lowest BCUT2D eigenvalue weighted by atomic mass is 10.0. The fourth-order valence-corrected chi connectivity index (χ4v) is 3.60. The summed E-state index contributed by atoms with van der Waals surface area (Å²) in [4.78, 5) is 7.13. The third-order valence-corrected chi connectivity index (χ3v) is 5.13. The van der Waals surface area contributed by atoms with E-state index < -0.39 is 0 Å². The first-order valence-electron chi connectivity index (χ1n) is 10.3. The maximum absolute atomic E-state index is 13.8. The predicted molar refractivity (Wildman–Crippen MR) is 132 cm³/mol. The van der Waals surface area contributed by atoms with Gasteiger partial charge in [-0.3, -0.25) is 0 Å². The van der Waals surface area contributed by atoms with E-state index in [-0.39, 0.29) is 36.4 Å². The predicted octanol–water partition coefficient (Wildman–Crippen LogP) is 4.31. The molecule has 0 bridgehead atoms. The Hall–Kier alpha value is -1.87. The molecule has 0 spiro atoms. The first-order valence-corrected chi connectivity index (χ1v) is 10.3. The van der Waals surface area contributed by atoms with Crippen LogP contribution in [0, 0.1) is 5.82 Å². The van der Waals surface area contributed by atoms with Gasteiger partial charge in [0.05, 0.1) is 13.2 Å². The molecule has 1 aliphatic rings. The summed E-state index contributed by atoms with van der Waals surface area (Å²) in [6, 6.07) is 16.0. The van der Waals surface area contributed by atoms with Crippen molar-refractivity contribution in [1.29, 1.82) is 0 Å². The summed E-state index contributed by atoms with van der Waals surface area (Å²) in [7, 11) is 1.57. The molecular weight excluding hydrogens is 494 g/mol. The highest BCUT2D eigenvalue weighted by molar-refractivity contribution is 14.0. The second kappa shape index (κ2) is 12.7. The molecule has 2 aromatic carbocycles. The Morgan fingerprint density at radius 2 is 1.90 bits per heavy atom. The summed E-state index contributed by atoms with van der Waals surface area (Å²) in [5.74, 6) is 0.568. The van der Waals surface area contributed by atoms with Crippen LogP contribution in [-0.2, 0) is 17.9 Å². The second-order valence-corrected chi connectivity index (χ2v) is 7.30. The molecule has 1 heterocycles. The summed E-state index contributed by atoms with van der Waals surface area (Å²) < 4.78 is 18.9. The number of hydrogen-bond acceptors (Lipinski definition) is 3. The number of para-hydroxylation sites is 1. The molecule has 0 unspecified atom stereocenters. The van der Waals surface area contributed by atoms with Crippen LogP contribution in [0.4, 0.5) is 10.1 Å². The first-order chi connectivity index (χ1) is 14.2. The molecule has 0 atom stereocenters. The van der Waals surface area contributed by atoms with Crippen LogP contribution in [0.3, 0.4) is 0 Å². The lowest BCUT2D eigenvalue weighted by molar-refractivity contribution is 0.181. The average Bonchev–Trinajstić information content (AvgIpc) is 2.75. The zero-order valence-electron chi connectivity index (χ0n) is 17.7. The zero-order valence-corrected chi connectivity index (χ0v) is 20.1. The molecule has 1 saturated heterocycles. The van der Waals surface area contributed by atoms with Gasteiger partial charge in [-0.05, 0) is 49.6 Å². The third kappa shape index (κ3) is 7.12. The summed E-state index contributed by atoms with van der Waals surface area (Å²) in [5.41, 5.74) is 2.82. The summed E-state index contributed by atoms with van der Waals surface area (Å²) >= 11 is 0. The van der Waals surface area contributed by atoms with E-state index >= 15 is 0 Å². The zero-order chi connectivity index (χ0) is 20.5. The molecule has 5 nitrogen and oxygen atoms in total. The minimum atomic E-state index is -0.241. The Kier molecular flexibility index (Phi) is 10.4. The maximum atomic E-state index is 13.8. The smallest absolute Gasteiger partial charge is 0.191 e. The van der Waals surface area contributed by atoms with Crippen LogP contribution in [0.5, 0.6) is 0 Å². The minimum absolute atomic E-state index is 0. The number of guanidine groups is 1. The van der Waals surface area contributed by atoms with Gasteiger partial charge in [0.2, 0.25) is 0 Å². The van der Waals surface area contributed by atoms with E-state index in [9.17, 15) is 4.39 Å². The molecule has 2 N–H and O–H groups in total. The molecule has 3 rings (SSSR count). The number of nitrogens with one attached hydrogen (secondary N) is 2. The highest BCUT2D eigenvalue weighted by Gasteiger charge is 2.20. The second-order valence-electron chi connectivity index (χ2n) is 7.30. The third-order valence-electron chi connectivity index (χ3n) is 5.13. The van der Waals surface area contributed by atoms with E-state index in [0.29, 0.717) is 18.2 Å². The topological polar surface area (TPSA) is 48.9 Å². The van der Waals surface area contributed by atoms with Crippen molar-refractivity contribution in [2.24, 2.45) is 4.99 Å². The molecule has 2 aromatic rings. The van der Waals surface area contributed by atoms with Gasteiger partial charge in [-0.25, -0.2) is 9.38 Å². The van der Waals surface area contributed by atoms with E-state index in [1.165, 1.54) is 11.8 Å². The van der Waals surface area contributed by atoms with Gasteiger partial charge < -0.3 is 20.3 Å². The van der Waals surface area contributed by atoms with Crippen LogP contribution in [0.15, 0.2) is 53.5 Å². The number of benzene rings is 2. The molecule has 0 aliphatic carbocycles. The van der Waals surface area contributed by atoms with Crippen LogP contribution < -0.4 is 15.5 Å². The molecule has 0 aromatic heterocycles. The Labute approximate surface area is 196 Å². The number of aliphatic imine (C=N–C) groups is 1. The van der Waals surface area contributed by atoms with Gasteiger partial charge in [-0.2, -0.15) is 0 Å². The molecule has 0 radical (unpaired) electrons. The standard InChI is InChI=1S/C23H31FN4O.HI/c1-3-25-23(26-16-18-9-10-22(24)19(15-18)17-29-2)27-20-11-13-28(14-12-20)21-7-5-4-6-8-21;/h4-10,15,20H,3,11-14,16-17H2,1-2H3,(H2,25,26,27);1H. The summed E-state index contributed by atoms with van der Waals surface area (Å²) in [6.07, 6.45) is 2.13. The van der Waals surface area contributed by atoms with Crippen molar-refractivity contribution in [1.82, 2.24) is 10.6 Å². The van der Waals surface area contributed by atoms with Crippen molar-refractivity contribution in [3.63, 3.8) is 0 Å². The van der Waals surface area contributed by atoms with E-state index in [4.69, 9.17) is 9.73 Å². The van der Waals surface area contributed by atoms with Gasteiger partial charge in [0, 0.05) is 44.0 Å². The quantitative estimate of drug-likeness (QED) is 0.321.